The number of hydrogen-bond acceptors (Lipinski definition) is 5. The van der Waals surface area contributed by atoms with E-state index in [0.29, 0.717) is 55.3 Å². The van der Waals surface area contributed by atoms with Gasteiger partial charge in [-0.2, -0.15) is 4.98 Å². The normalized spacial score (nSPS) is 21.1. The number of nitrogens with zero attached hydrogens (tertiary/aromatic N) is 2. The van der Waals surface area contributed by atoms with Crippen LogP contribution in [0.4, 0.5) is 6.01 Å². The van der Waals surface area contributed by atoms with Crippen molar-refractivity contribution in [3.05, 3.63) is 46.3 Å². The number of ether oxygens (including phenoxy) is 1. The molecule has 0 radical (unpaired) electrons. The molecule has 2 aliphatic heterocycles. The van der Waals surface area contributed by atoms with Crippen molar-refractivity contribution < 1.29 is 13.9 Å². The largest absolute Gasteiger partial charge is 0.418 e. The number of aromatic nitrogens is 1. The van der Waals surface area contributed by atoms with Crippen molar-refractivity contribution in [2.24, 2.45) is 0 Å². The van der Waals surface area contributed by atoms with Gasteiger partial charge in [0.15, 0.2) is 0 Å². The fraction of sp³-hybridized carbons (Fsp3) is 0.412. The van der Waals surface area contributed by atoms with E-state index >= 15 is 0 Å². The van der Waals surface area contributed by atoms with Gasteiger partial charge in [0, 0.05) is 30.6 Å². The van der Waals surface area contributed by atoms with Gasteiger partial charge in [-0.1, -0.05) is 23.7 Å². The number of carbonyl (C=O) groups excluding carboxylic acids is 1. The quantitative estimate of drug-likeness (QED) is 0.903. The second-order valence-electron chi connectivity index (χ2n) is 5.96. The number of hydrogen-bond donors (Lipinski definition) is 1. The van der Waals surface area contributed by atoms with E-state index in [2.05, 4.69) is 10.3 Å². The van der Waals surface area contributed by atoms with Crippen LogP contribution in [0.5, 0.6) is 0 Å². The van der Waals surface area contributed by atoms with Gasteiger partial charge in [-0.15, -0.1) is 0 Å². The maximum Gasteiger partial charge on any atom is 0.298 e. The van der Waals surface area contributed by atoms with Gasteiger partial charge in [0.2, 0.25) is 5.76 Å². The topological polar surface area (TPSA) is 67.6 Å². The molecule has 1 unspecified atom stereocenters. The number of rotatable bonds is 2. The molecule has 6 nitrogen and oxygen atoms in total. The molecule has 2 aromatic rings. The number of amides is 1. The van der Waals surface area contributed by atoms with Crippen molar-refractivity contribution in [2.75, 3.05) is 37.7 Å². The molecule has 0 bridgehead atoms. The van der Waals surface area contributed by atoms with E-state index in [4.69, 9.17) is 20.8 Å². The number of fused-ring (bicyclic) bond motifs is 1. The summed E-state index contributed by atoms with van der Waals surface area (Å²) < 4.78 is 11.2. The third kappa shape index (κ3) is 2.87. The first-order valence-electron chi connectivity index (χ1n) is 8.09. The molecule has 2 aliphatic rings. The Morgan fingerprint density at radius 3 is 2.71 bits per heavy atom. The fourth-order valence-electron chi connectivity index (χ4n) is 3.18. The molecule has 24 heavy (non-hydrogen) atoms. The van der Waals surface area contributed by atoms with Gasteiger partial charge in [0.05, 0.1) is 13.2 Å². The lowest BCUT2D eigenvalue weighted by Crippen LogP contribution is -2.36. The molecule has 1 fully saturated rings. The Kier molecular flexibility index (Phi) is 4.16. The summed E-state index contributed by atoms with van der Waals surface area (Å²) in [6.45, 7) is 3.30. The lowest BCUT2D eigenvalue weighted by atomic mass is 9.92. The maximum atomic E-state index is 12.3. The second-order valence-corrected chi connectivity index (χ2v) is 6.40. The van der Waals surface area contributed by atoms with Crippen LogP contribution in [-0.4, -0.2) is 43.7 Å². The number of oxazole rings is 1. The van der Waals surface area contributed by atoms with E-state index < -0.39 is 0 Å². The highest BCUT2D eigenvalue weighted by atomic mass is 35.5. The Labute approximate surface area is 144 Å². The third-order valence-corrected chi connectivity index (χ3v) is 4.70. The Balaban J connectivity index is 1.73. The van der Waals surface area contributed by atoms with E-state index in [0.717, 1.165) is 12.0 Å². The smallest absolute Gasteiger partial charge is 0.298 e. The van der Waals surface area contributed by atoms with Crippen LogP contribution in [0.2, 0.25) is 5.02 Å². The minimum Gasteiger partial charge on any atom is -0.418 e. The van der Waals surface area contributed by atoms with Crippen LogP contribution >= 0.6 is 11.6 Å². The SMILES string of the molecule is O=C1NCCC(c2ccc(Cl)cc2)c2nc(N3CCOCC3)oc21. The maximum absolute atomic E-state index is 12.3. The number of benzene rings is 1. The average molecular weight is 348 g/mol. The first kappa shape index (κ1) is 15.5. The van der Waals surface area contributed by atoms with Crippen molar-refractivity contribution in [1.82, 2.24) is 10.3 Å². The molecular weight excluding hydrogens is 330 g/mol. The van der Waals surface area contributed by atoms with Crippen LogP contribution in [0, 0.1) is 0 Å². The molecule has 7 heteroatoms. The highest BCUT2D eigenvalue weighted by Gasteiger charge is 2.32. The zero-order valence-electron chi connectivity index (χ0n) is 13.1. The van der Waals surface area contributed by atoms with Gasteiger partial charge < -0.3 is 19.4 Å². The van der Waals surface area contributed by atoms with Crippen molar-refractivity contribution in [1.29, 1.82) is 0 Å². The van der Waals surface area contributed by atoms with Crippen LogP contribution in [-0.2, 0) is 4.74 Å². The van der Waals surface area contributed by atoms with Crippen LogP contribution in [0.3, 0.4) is 0 Å². The molecule has 1 N–H and O–H groups in total. The van der Waals surface area contributed by atoms with E-state index in [1.165, 1.54) is 0 Å². The minimum absolute atomic E-state index is 0.00903. The molecule has 0 aliphatic carbocycles. The van der Waals surface area contributed by atoms with Crippen LogP contribution in [0.15, 0.2) is 28.7 Å². The minimum atomic E-state index is -0.200. The van der Waals surface area contributed by atoms with Crippen LogP contribution in [0.1, 0.15) is 34.2 Å². The summed E-state index contributed by atoms with van der Waals surface area (Å²) in [6, 6.07) is 8.18. The van der Waals surface area contributed by atoms with Gasteiger partial charge in [-0.25, -0.2) is 0 Å². The van der Waals surface area contributed by atoms with Crippen LogP contribution in [0.25, 0.3) is 0 Å². The molecule has 0 saturated carbocycles. The molecule has 1 amide bonds. The molecule has 1 aromatic carbocycles. The van der Waals surface area contributed by atoms with E-state index in [1.54, 1.807) is 0 Å². The Morgan fingerprint density at radius 2 is 1.96 bits per heavy atom. The molecule has 4 rings (SSSR count). The molecule has 1 atom stereocenters. The molecule has 126 valence electrons. The standard InChI is InChI=1S/C17H18ClN3O3/c18-12-3-1-11(2-4-12)13-5-6-19-16(22)15-14(13)20-17(24-15)21-7-9-23-10-8-21/h1-4,13H,5-10H2,(H,19,22). The monoisotopic (exact) mass is 347 g/mol. The number of halogens is 1. The first-order chi connectivity index (χ1) is 11.7. The summed E-state index contributed by atoms with van der Waals surface area (Å²) in [5.74, 6) is 0.122. The van der Waals surface area contributed by atoms with Gasteiger partial charge in [0.1, 0.15) is 5.69 Å². The highest BCUT2D eigenvalue weighted by Crippen LogP contribution is 2.34. The molecule has 0 spiro atoms. The van der Waals surface area contributed by atoms with Crippen molar-refractivity contribution in [3.8, 4) is 0 Å². The van der Waals surface area contributed by atoms with Crippen molar-refractivity contribution in [2.45, 2.75) is 12.3 Å². The predicted octanol–water partition coefficient (Wildman–Crippen LogP) is 2.43. The summed E-state index contributed by atoms with van der Waals surface area (Å²) in [5.41, 5.74) is 1.78. The summed E-state index contributed by atoms with van der Waals surface area (Å²) in [6.07, 6.45) is 0.773. The number of anilines is 1. The van der Waals surface area contributed by atoms with Crippen LogP contribution < -0.4 is 10.2 Å². The first-order valence-corrected chi connectivity index (χ1v) is 8.47. The summed E-state index contributed by atoms with van der Waals surface area (Å²) in [4.78, 5) is 19.0. The molecule has 1 aromatic heterocycles. The average Bonchev–Trinajstić information content (AvgIpc) is 2.99. The number of morpholine rings is 1. The zero-order valence-corrected chi connectivity index (χ0v) is 13.9. The highest BCUT2D eigenvalue weighted by molar-refractivity contribution is 6.30. The molecular formula is C17H18ClN3O3. The van der Waals surface area contributed by atoms with E-state index in [-0.39, 0.29) is 11.8 Å². The second kappa shape index (κ2) is 6.45. The third-order valence-electron chi connectivity index (χ3n) is 4.45. The van der Waals surface area contributed by atoms with E-state index in [1.807, 2.05) is 29.2 Å². The van der Waals surface area contributed by atoms with Crippen molar-refractivity contribution in [3.63, 3.8) is 0 Å². The van der Waals surface area contributed by atoms with Gasteiger partial charge in [-0.05, 0) is 24.1 Å². The zero-order chi connectivity index (χ0) is 16.5. The van der Waals surface area contributed by atoms with Gasteiger partial charge in [0.25, 0.3) is 11.9 Å². The molecule has 1 saturated heterocycles. The van der Waals surface area contributed by atoms with E-state index in [9.17, 15) is 4.79 Å². The van der Waals surface area contributed by atoms with Gasteiger partial charge >= 0.3 is 0 Å². The molecule has 3 heterocycles. The number of carbonyl (C=O) groups is 1. The Hall–Kier alpha value is -2.05. The van der Waals surface area contributed by atoms with Crippen molar-refractivity contribution >= 4 is 23.5 Å². The Bertz CT molecular complexity index is 738. The lowest BCUT2D eigenvalue weighted by Gasteiger charge is -2.25. The predicted molar refractivity (Wildman–Crippen MR) is 89.8 cm³/mol. The summed E-state index contributed by atoms with van der Waals surface area (Å²) in [7, 11) is 0. The lowest BCUT2D eigenvalue weighted by molar-refractivity contribution is 0.0927. The fourth-order valence-corrected chi connectivity index (χ4v) is 3.30. The Morgan fingerprint density at radius 1 is 1.21 bits per heavy atom. The summed E-state index contributed by atoms with van der Waals surface area (Å²) in [5, 5.41) is 3.58. The summed E-state index contributed by atoms with van der Waals surface area (Å²) >= 11 is 5.99. The van der Waals surface area contributed by atoms with Gasteiger partial charge in [-0.3, -0.25) is 4.79 Å². The number of nitrogens with one attached hydrogen (secondary N) is 1.